The summed E-state index contributed by atoms with van der Waals surface area (Å²) in [6, 6.07) is 6.38. The lowest BCUT2D eigenvalue weighted by molar-refractivity contribution is -0.121. The van der Waals surface area contributed by atoms with E-state index >= 15 is 0 Å². The molecule has 8 amide bonds. The number of nitrogens with zero attached hydrogens (tertiary/aromatic N) is 7. The van der Waals surface area contributed by atoms with E-state index in [-0.39, 0.29) is 79.3 Å². The molecule has 11 N–H and O–H groups in total. The van der Waals surface area contributed by atoms with Crippen LogP contribution in [0.5, 0.6) is 0 Å². The van der Waals surface area contributed by atoms with E-state index in [0.29, 0.717) is 28.4 Å². The van der Waals surface area contributed by atoms with Crippen LogP contribution < -0.4 is 48.3 Å². The fraction of sp³-hybridized carbons (Fsp3) is 0.295. The van der Waals surface area contributed by atoms with Crippen molar-refractivity contribution in [3.63, 3.8) is 0 Å². The Morgan fingerprint density at radius 3 is 1.28 bits per heavy atom. The zero-order valence-electron chi connectivity index (χ0n) is 38.7. The zero-order chi connectivity index (χ0) is 50.1. The van der Waals surface area contributed by atoms with E-state index in [1.165, 1.54) is 61.0 Å². The third-order valence-electron chi connectivity index (χ3n) is 10.7. The largest absolute Gasteiger partial charge is 0.395 e. The maximum atomic E-state index is 13.3. The highest BCUT2D eigenvalue weighted by molar-refractivity contribution is 6.09. The predicted octanol–water partition coefficient (Wildman–Crippen LogP) is 0.436. The van der Waals surface area contributed by atoms with Crippen molar-refractivity contribution in [1.82, 2.24) is 48.3 Å². The van der Waals surface area contributed by atoms with Crippen LogP contribution in [0.1, 0.15) is 75.9 Å². The quantitative estimate of drug-likeness (QED) is 0.0501. The number of imidazole rings is 1. The second kappa shape index (κ2) is 21.7. The first-order valence-electron chi connectivity index (χ1n) is 21.4. The van der Waals surface area contributed by atoms with Crippen molar-refractivity contribution in [1.29, 1.82) is 0 Å². The summed E-state index contributed by atoms with van der Waals surface area (Å²) in [4.78, 5) is 107. The molecule has 1 atom stereocenters. The van der Waals surface area contributed by atoms with Crippen molar-refractivity contribution in [2.24, 2.45) is 48.0 Å². The minimum absolute atomic E-state index is 0.0256. The summed E-state index contributed by atoms with van der Waals surface area (Å²) in [6.45, 7) is 0.0359. The summed E-state index contributed by atoms with van der Waals surface area (Å²) in [5.41, 5.74) is 8.92. The molecule has 6 heterocycles. The summed E-state index contributed by atoms with van der Waals surface area (Å²) in [7, 11) is 9.83. The van der Waals surface area contributed by atoms with E-state index in [2.05, 4.69) is 47.5 Å². The number of aliphatic hydroxyl groups excluding tert-OH is 1. The number of amides is 8. The summed E-state index contributed by atoms with van der Waals surface area (Å²) < 4.78 is 9.18. The first-order chi connectivity index (χ1) is 32.8. The van der Waals surface area contributed by atoms with Gasteiger partial charge in [0, 0.05) is 112 Å². The molecule has 0 fully saturated rings. The number of nitrogens with two attached hydrogens (primary N) is 1. The third kappa shape index (κ3) is 12.4. The van der Waals surface area contributed by atoms with Gasteiger partial charge in [0.05, 0.1) is 41.1 Å². The lowest BCUT2D eigenvalue weighted by Gasteiger charge is -2.12. The molecule has 6 aromatic rings. The van der Waals surface area contributed by atoms with Crippen LogP contribution in [0.2, 0.25) is 0 Å². The van der Waals surface area contributed by atoms with Crippen LogP contribution in [-0.4, -0.2) is 117 Å². The van der Waals surface area contributed by atoms with Crippen molar-refractivity contribution in [2.75, 3.05) is 52.8 Å². The van der Waals surface area contributed by atoms with Crippen molar-refractivity contribution < 1.29 is 43.5 Å². The molecule has 0 radical (unpaired) electrons. The SMILES string of the molecule is Cn1cc(NC(=O)c2cc(NC(=O)c3cc(NC(=O)[C@H](N)CCNC(=O)c4cc(NC(=O)c5cc(NC(=O)c6nccn6C)cn5C)cn4C)cn3C)cn2C)cc1C(=O)NCCC(=O)NCCO. The first kappa shape index (κ1) is 49.7. The predicted molar refractivity (Wildman–Crippen MR) is 253 cm³/mol. The molecule has 0 saturated heterocycles. The molecule has 25 heteroatoms. The maximum Gasteiger partial charge on any atom is 0.291 e. The average molecular weight is 951 g/mol. The molecule has 0 aliphatic heterocycles. The fourth-order valence-electron chi connectivity index (χ4n) is 7.11. The molecule has 364 valence electrons. The Morgan fingerprint density at radius 1 is 0.507 bits per heavy atom. The van der Waals surface area contributed by atoms with Gasteiger partial charge in [0.15, 0.2) is 5.82 Å². The number of hydrogen-bond donors (Lipinski definition) is 10. The molecular formula is C44H54N16O9. The number of nitrogens with one attached hydrogen (secondary N) is 8. The van der Waals surface area contributed by atoms with Gasteiger partial charge < -0.3 is 80.8 Å². The second-order valence-electron chi connectivity index (χ2n) is 16.0. The number of carbonyl (C=O) groups excluding carboxylic acids is 8. The van der Waals surface area contributed by atoms with Crippen LogP contribution in [0.4, 0.5) is 28.4 Å². The number of aromatic nitrogens is 7. The number of hydrogen-bond acceptors (Lipinski definition) is 11. The summed E-state index contributed by atoms with van der Waals surface area (Å²) in [5.74, 6) is -3.58. The van der Waals surface area contributed by atoms with Gasteiger partial charge in [-0.25, -0.2) is 4.98 Å². The fourth-order valence-corrected chi connectivity index (χ4v) is 7.11. The van der Waals surface area contributed by atoms with E-state index < -0.39 is 47.4 Å². The van der Waals surface area contributed by atoms with Gasteiger partial charge in [-0.2, -0.15) is 0 Å². The van der Waals surface area contributed by atoms with Crippen LogP contribution in [0.3, 0.4) is 0 Å². The van der Waals surface area contributed by atoms with Gasteiger partial charge in [-0.1, -0.05) is 0 Å². The molecule has 0 aromatic carbocycles. The molecule has 0 saturated carbocycles. The van der Waals surface area contributed by atoms with E-state index in [1.54, 1.807) is 82.4 Å². The minimum Gasteiger partial charge on any atom is -0.395 e. The average Bonchev–Trinajstić information content (AvgIpc) is 4.16. The lowest BCUT2D eigenvalue weighted by atomic mass is 10.2. The Balaban J connectivity index is 0.946. The number of anilines is 5. The number of carbonyl (C=O) groups is 8. The molecule has 0 bridgehead atoms. The van der Waals surface area contributed by atoms with Crippen molar-refractivity contribution in [2.45, 2.75) is 18.9 Å². The van der Waals surface area contributed by atoms with Gasteiger partial charge in [0.25, 0.3) is 35.4 Å². The monoisotopic (exact) mass is 950 g/mol. The van der Waals surface area contributed by atoms with Crippen LogP contribution in [0.25, 0.3) is 0 Å². The molecule has 6 rings (SSSR count). The molecule has 69 heavy (non-hydrogen) atoms. The van der Waals surface area contributed by atoms with Crippen LogP contribution >= 0.6 is 0 Å². The van der Waals surface area contributed by atoms with Crippen LogP contribution in [0, 0.1) is 0 Å². The number of aryl methyl sites for hydroxylation is 6. The van der Waals surface area contributed by atoms with Gasteiger partial charge in [-0.3, -0.25) is 38.4 Å². The summed E-state index contributed by atoms with van der Waals surface area (Å²) >= 11 is 0. The van der Waals surface area contributed by atoms with Gasteiger partial charge >= 0.3 is 0 Å². The molecular weight excluding hydrogens is 897 g/mol. The second-order valence-corrected chi connectivity index (χ2v) is 16.0. The topological polar surface area (TPSA) is 322 Å². The minimum atomic E-state index is -1.04. The van der Waals surface area contributed by atoms with E-state index in [4.69, 9.17) is 10.8 Å². The van der Waals surface area contributed by atoms with Gasteiger partial charge in [-0.05, 0) is 36.8 Å². The normalized spacial score (nSPS) is 11.4. The van der Waals surface area contributed by atoms with Gasteiger partial charge in [0.1, 0.15) is 28.5 Å². The summed E-state index contributed by atoms with van der Waals surface area (Å²) in [6.07, 6.45) is 11.0. The molecule has 0 aliphatic rings. The van der Waals surface area contributed by atoms with Gasteiger partial charge in [0.2, 0.25) is 11.8 Å². The van der Waals surface area contributed by atoms with E-state index in [9.17, 15) is 38.4 Å². The highest BCUT2D eigenvalue weighted by Crippen LogP contribution is 2.21. The lowest BCUT2D eigenvalue weighted by Crippen LogP contribution is -2.39. The highest BCUT2D eigenvalue weighted by Gasteiger charge is 2.22. The molecule has 0 spiro atoms. The van der Waals surface area contributed by atoms with Crippen molar-refractivity contribution >= 4 is 75.7 Å². The first-order valence-corrected chi connectivity index (χ1v) is 21.4. The molecule has 0 aliphatic carbocycles. The standard InChI is InChI=1S/C44H54N16O9/c1-55-13-11-47-37(55)44(69)54-29-19-35(60(6)24-29)43(68)52-26-15-31(56(2)21-26)39(64)48-9-7-30(45)38(63)50-25-17-33(58(4)20-25)41(66)53-28-18-34(59(5)23-28)42(67)51-27-16-32(57(3)22-27)40(65)49-10-8-36(62)46-12-14-61/h11,13,15-24,30,61H,7-10,12,14,45H2,1-6H3,(H,46,62)(H,48,64)(H,49,65)(H,50,63)(H,51,67)(H,52,68)(H,53,66)(H,54,69)/t30-/m1/s1. The Hall–Kier alpha value is -8.71. The van der Waals surface area contributed by atoms with Gasteiger partial charge in [-0.15, -0.1) is 0 Å². The third-order valence-corrected chi connectivity index (χ3v) is 10.7. The number of rotatable bonds is 20. The zero-order valence-corrected chi connectivity index (χ0v) is 38.7. The van der Waals surface area contributed by atoms with Crippen molar-refractivity contribution in [3.8, 4) is 0 Å². The van der Waals surface area contributed by atoms with Crippen LogP contribution in [-0.2, 0) is 51.9 Å². The van der Waals surface area contributed by atoms with Crippen molar-refractivity contribution in [3.05, 3.63) is 108 Å². The maximum absolute atomic E-state index is 13.3. The van der Waals surface area contributed by atoms with E-state index in [0.717, 1.165) is 0 Å². The molecule has 0 unspecified atom stereocenters. The Bertz CT molecular complexity index is 2930. The van der Waals surface area contributed by atoms with Crippen LogP contribution in [0.15, 0.2) is 73.7 Å². The Kier molecular flexibility index (Phi) is 15.7. The molecule has 25 nitrogen and oxygen atoms in total. The molecule has 6 aromatic heterocycles. The summed E-state index contributed by atoms with van der Waals surface area (Å²) in [5, 5.41) is 30.3. The number of aliphatic hydroxyl groups is 1. The highest BCUT2D eigenvalue weighted by atomic mass is 16.3. The Morgan fingerprint density at radius 2 is 0.884 bits per heavy atom. The smallest absolute Gasteiger partial charge is 0.291 e. The van der Waals surface area contributed by atoms with E-state index in [1.807, 2.05) is 0 Å². The Labute approximate surface area is 394 Å².